The highest BCUT2D eigenvalue weighted by Crippen LogP contribution is 2.25. The first-order valence-corrected chi connectivity index (χ1v) is 9.08. The van der Waals surface area contributed by atoms with Gasteiger partial charge in [0.1, 0.15) is 5.82 Å². The van der Waals surface area contributed by atoms with E-state index in [0.717, 1.165) is 22.6 Å². The Balaban J connectivity index is 2.13. The molecule has 0 saturated carbocycles. The van der Waals surface area contributed by atoms with E-state index in [0.29, 0.717) is 5.16 Å². The summed E-state index contributed by atoms with van der Waals surface area (Å²) < 4.78 is 3.15. The van der Waals surface area contributed by atoms with Gasteiger partial charge >= 0.3 is 5.97 Å². The first-order valence-electron chi connectivity index (χ1n) is 6.49. The number of nitrogens with zero attached hydrogens (tertiary/aromatic N) is 3. The third kappa shape index (κ3) is 4.55. The van der Waals surface area contributed by atoms with Gasteiger partial charge < -0.3 is 9.67 Å². The van der Waals surface area contributed by atoms with Gasteiger partial charge in [0.2, 0.25) is 0 Å². The molecular formula is C13H16BrN3O2S2. The SMILES string of the molecule is CC(C)c1nnc(SCC(=O)O)n1CCc1ccc(Br)s1. The van der Waals surface area contributed by atoms with E-state index in [-0.39, 0.29) is 11.7 Å². The Labute approximate surface area is 139 Å². The molecule has 2 aromatic rings. The van der Waals surface area contributed by atoms with Crippen LogP contribution in [0.4, 0.5) is 0 Å². The molecule has 0 aliphatic carbocycles. The predicted octanol–water partition coefficient (Wildman–Crippen LogP) is 3.64. The van der Waals surface area contributed by atoms with E-state index in [9.17, 15) is 4.79 Å². The Morgan fingerprint density at radius 3 is 2.81 bits per heavy atom. The van der Waals surface area contributed by atoms with Crippen molar-refractivity contribution in [3.8, 4) is 0 Å². The Morgan fingerprint density at radius 2 is 2.24 bits per heavy atom. The number of aromatic nitrogens is 3. The maximum absolute atomic E-state index is 10.7. The lowest BCUT2D eigenvalue weighted by Gasteiger charge is -2.11. The first kappa shape index (κ1) is 16.5. The molecule has 0 aliphatic rings. The highest BCUT2D eigenvalue weighted by atomic mass is 79.9. The van der Waals surface area contributed by atoms with Crippen LogP contribution in [0.2, 0.25) is 0 Å². The standard InChI is InChI=1S/C13H16BrN3O2S2/c1-8(2)12-15-16-13(20-7-11(18)19)17(12)6-5-9-3-4-10(14)21-9/h3-4,8H,5-7H2,1-2H3,(H,18,19). The number of thioether (sulfide) groups is 1. The van der Waals surface area contributed by atoms with Crippen molar-refractivity contribution in [2.75, 3.05) is 5.75 Å². The van der Waals surface area contributed by atoms with E-state index in [1.807, 2.05) is 10.6 Å². The largest absolute Gasteiger partial charge is 0.481 e. The van der Waals surface area contributed by atoms with Gasteiger partial charge in [0.25, 0.3) is 0 Å². The molecule has 0 spiro atoms. The van der Waals surface area contributed by atoms with Crippen molar-refractivity contribution in [1.82, 2.24) is 14.8 Å². The van der Waals surface area contributed by atoms with Crippen LogP contribution in [0, 0.1) is 0 Å². The summed E-state index contributed by atoms with van der Waals surface area (Å²) in [4.78, 5) is 12.0. The maximum Gasteiger partial charge on any atom is 0.313 e. The van der Waals surface area contributed by atoms with Gasteiger partial charge in [-0.2, -0.15) is 0 Å². The summed E-state index contributed by atoms with van der Waals surface area (Å²) in [5, 5.41) is 17.8. The average Bonchev–Trinajstić information content (AvgIpc) is 2.99. The Bertz CT molecular complexity index is 625. The van der Waals surface area contributed by atoms with Gasteiger partial charge in [-0.25, -0.2) is 0 Å². The smallest absolute Gasteiger partial charge is 0.313 e. The monoisotopic (exact) mass is 389 g/mol. The molecule has 0 radical (unpaired) electrons. The van der Waals surface area contributed by atoms with Crippen molar-refractivity contribution in [3.63, 3.8) is 0 Å². The molecular weight excluding hydrogens is 374 g/mol. The summed E-state index contributed by atoms with van der Waals surface area (Å²) in [7, 11) is 0. The van der Waals surface area contributed by atoms with Gasteiger partial charge in [-0.15, -0.1) is 21.5 Å². The van der Waals surface area contributed by atoms with Gasteiger partial charge in [0, 0.05) is 17.3 Å². The topological polar surface area (TPSA) is 68.0 Å². The van der Waals surface area contributed by atoms with Crippen molar-refractivity contribution in [1.29, 1.82) is 0 Å². The minimum atomic E-state index is -0.845. The number of carboxylic acid groups (broad SMARTS) is 1. The number of halogens is 1. The highest BCUT2D eigenvalue weighted by Gasteiger charge is 2.16. The molecule has 2 aromatic heterocycles. The molecule has 0 unspecified atom stereocenters. The molecule has 8 heteroatoms. The third-order valence-electron chi connectivity index (χ3n) is 2.80. The predicted molar refractivity (Wildman–Crippen MR) is 88.2 cm³/mol. The van der Waals surface area contributed by atoms with E-state index in [2.05, 4.69) is 46.0 Å². The summed E-state index contributed by atoms with van der Waals surface area (Å²) in [6.07, 6.45) is 0.884. The van der Waals surface area contributed by atoms with Crippen LogP contribution in [0.25, 0.3) is 0 Å². The quantitative estimate of drug-likeness (QED) is 0.731. The van der Waals surface area contributed by atoms with Crippen LogP contribution in [0.5, 0.6) is 0 Å². The van der Waals surface area contributed by atoms with Crippen LogP contribution in [-0.4, -0.2) is 31.6 Å². The number of thiophene rings is 1. The number of carboxylic acids is 1. The zero-order valence-corrected chi connectivity index (χ0v) is 15.0. The fourth-order valence-electron chi connectivity index (χ4n) is 1.88. The lowest BCUT2D eigenvalue weighted by molar-refractivity contribution is -0.133. The maximum atomic E-state index is 10.7. The Kier molecular flexibility index (Phi) is 5.83. The van der Waals surface area contributed by atoms with E-state index in [1.54, 1.807) is 11.3 Å². The van der Waals surface area contributed by atoms with Crippen LogP contribution in [0.1, 0.15) is 30.5 Å². The van der Waals surface area contributed by atoms with Crippen LogP contribution >= 0.6 is 39.0 Å². The number of rotatable bonds is 7. The van der Waals surface area contributed by atoms with Gasteiger partial charge in [-0.1, -0.05) is 25.6 Å². The average molecular weight is 390 g/mol. The molecule has 5 nitrogen and oxygen atoms in total. The zero-order valence-electron chi connectivity index (χ0n) is 11.7. The van der Waals surface area contributed by atoms with E-state index < -0.39 is 5.97 Å². The molecule has 114 valence electrons. The minimum Gasteiger partial charge on any atom is -0.481 e. The van der Waals surface area contributed by atoms with Gasteiger partial charge in [-0.05, 0) is 34.5 Å². The van der Waals surface area contributed by atoms with Gasteiger partial charge in [0.05, 0.1) is 9.54 Å². The van der Waals surface area contributed by atoms with Gasteiger partial charge in [0.15, 0.2) is 5.16 Å². The lowest BCUT2D eigenvalue weighted by atomic mass is 10.2. The summed E-state index contributed by atoms with van der Waals surface area (Å²) in [6.45, 7) is 4.89. The summed E-state index contributed by atoms with van der Waals surface area (Å²) >= 11 is 6.39. The van der Waals surface area contributed by atoms with E-state index in [4.69, 9.17) is 5.11 Å². The van der Waals surface area contributed by atoms with Crippen molar-refractivity contribution in [3.05, 3.63) is 26.6 Å². The number of hydrogen-bond acceptors (Lipinski definition) is 5. The third-order valence-corrected chi connectivity index (χ3v) is 5.43. The summed E-state index contributed by atoms with van der Waals surface area (Å²) in [5.41, 5.74) is 0. The van der Waals surface area contributed by atoms with Crippen molar-refractivity contribution < 1.29 is 9.90 Å². The molecule has 0 amide bonds. The molecule has 2 heterocycles. The molecule has 0 fully saturated rings. The summed E-state index contributed by atoms with van der Waals surface area (Å²) in [5.74, 6) is 0.314. The number of aryl methyl sites for hydroxylation is 1. The van der Waals surface area contributed by atoms with Crippen LogP contribution < -0.4 is 0 Å². The molecule has 0 saturated heterocycles. The fourth-order valence-corrected chi connectivity index (χ4v) is 4.04. The number of aliphatic carboxylic acids is 1. The second-order valence-corrected chi connectivity index (χ2v) is 8.28. The normalized spacial score (nSPS) is 11.2. The Hall–Kier alpha value is -0.860. The summed E-state index contributed by atoms with van der Waals surface area (Å²) in [6, 6.07) is 4.13. The molecule has 2 rings (SSSR count). The Morgan fingerprint density at radius 1 is 1.48 bits per heavy atom. The molecule has 0 bridgehead atoms. The molecule has 1 N–H and O–H groups in total. The number of hydrogen-bond donors (Lipinski definition) is 1. The van der Waals surface area contributed by atoms with E-state index in [1.165, 1.54) is 16.6 Å². The lowest BCUT2D eigenvalue weighted by Crippen LogP contribution is -2.09. The molecule has 0 aromatic carbocycles. The molecule has 0 atom stereocenters. The van der Waals surface area contributed by atoms with Crippen LogP contribution in [0.15, 0.2) is 21.1 Å². The van der Waals surface area contributed by atoms with Crippen molar-refractivity contribution >= 4 is 45.0 Å². The molecule has 0 aliphatic heterocycles. The van der Waals surface area contributed by atoms with Crippen molar-refractivity contribution in [2.24, 2.45) is 0 Å². The van der Waals surface area contributed by atoms with Gasteiger partial charge in [-0.3, -0.25) is 4.79 Å². The molecule has 21 heavy (non-hydrogen) atoms. The first-order chi connectivity index (χ1) is 9.97. The van der Waals surface area contributed by atoms with Crippen molar-refractivity contribution in [2.45, 2.75) is 37.9 Å². The van der Waals surface area contributed by atoms with Crippen LogP contribution in [-0.2, 0) is 17.8 Å². The minimum absolute atomic E-state index is 0.000773. The highest BCUT2D eigenvalue weighted by molar-refractivity contribution is 9.11. The number of carbonyl (C=O) groups is 1. The second kappa shape index (κ2) is 7.42. The fraction of sp³-hybridized carbons (Fsp3) is 0.462. The van der Waals surface area contributed by atoms with Crippen LogP contribution in [0.3, 0.4) is 0 Å². The second-order valence-electron chi connectivity index (χ2n) is 4.79. The zero-order chi connectivity index (χ0) is 15.4. The van der Waals surface area contributed by atoms with E-state index >= 15 is 0 Å².